The molecule has 2 unspecified atom stereocenters. The molecule has 6 aliphatic carbocycles. The number of amides is 8. The van der Waals surface area contributed by atoms with Crippen molar-refractivity contribution in [3.8, 4) is 11.5 Å². The van der Waals surface area contributed by atoms with Gasteiger partial charge >= 0.3 is 18.0 Å². The number of piperidine rings is 3. The molecule has 33 heteroatoms. The second-order valence-corrected chi connectivity index (χ2v) is 37.5. The molecule has 3 saturated heterocycles. The molecule has 9 fully saturated rings. The van der Waals surface area contributed by atoms with Crippen LogP contribution in [-0.4, -0.2) is 166 Å². The summed E-state index contributed by atoms with van der Waals surface area (Å²) >= 11 is 0. The van der Waals surface area contributed by atoms with E-state index < -0.39 is 88.8 Å². The van der Waals surface area contributed by atoms with E-state index in [0.29, 0.717) is 93.2 Å². The van der Waals surface area contributed by atoms with Gasteiger partial charge in [0.05, 0.1) is 82.1 Å². The predicted molar refractivity (Wildman–Crippen MR) is 454 cm³/mol. The highest BCUT2D eigenvalue weighted by Gasteiger charge is 2.51. The number of imidazole rings is 1. The molecule has 0 bridgehead atoms. The van der Waals surface area contributed by atoms with Gasteiger partial charge in [0.2, 0.25) is 23.6 Å². The number of methoxy groups -OCH3 is 1. The largest absolute Gasteiger partial charge is 0.494 e. The fourth-order valence-electron chi connectivity index (χ4n) is 22.4. The van der Waals surface area contributed by atoms with Gasteiger partial charge in [0.1, 0.15) is 46.4 Å². The average Bonchev–Trinajstić information content (AvgIpc) is 1.57. The van der Waals surface area contributed by atoms with E-state index in [1.54, 1.807) is 41.0 Å². The number of anilines is 3. The first-order chi connectivity index (χ1) is 60.5. The van der Waals surface area contributed by atoms with Crippen molar-refractivity contribution >= 4 is 97.2 Å². The number of hydrogen-bond acceptors (Lipinski definition) is 18. The third-order valence-electron chi connectivity index (χ3n) is 29.2. The van der Waals surface area contributed by atoms with Crippen molar-refractivity contribution in [3.05, 3.63) is 159 Å². The first kappa shape index (κ1) is 84.2. The molecule has 5 aromatic heterocycles. The van der Waals surface area contributed by atoms with Crippen LogP contribution in [0.2, 0.25) is 0 Å². The molecular weight excluding hydrogens is 1630 g/mol. The summed E-state index contributed by atoms with van der Waals surface area (Å²) in [5, 5.41) is 25.3. The van der Waals surface area contributed by atoms with Gasteiger partial charge in [-0.05, 0) is 268 Å². The SMILES string of the molecule is COc1cc2nn(C3CCC(CN(C)C4CCC5(CC4)CC(Cc4cccc6c4n(Cc4ccc7c(c4NCCC4CC8(CCN(CC9CCC(n%10cc%11cc(NC(=O)c%12cccc(C(F)(F)F)n%12)c(OC%12CC%12)cc%11n%10)CC9)CC8)C4)C(=O)N(C4CCC(=O)NC4=O)C7=O)c(=O)n6C4CCC(=O)NC4=O)C5)CC3)cc2cc1NC(=O)c1cccc(C(F)(F)F)n1. The number of carbonyl (C=O) groups excluding carboxylic acids is 8. The van der Waals surface area contributed by atoms with Crippen molar-refractivity contribution in [2.45, 2.75) is 222 Å². The molecule has 2 atom stereocenters. The van der Waals surface area contributed by atoms with E-state index in [0.717, 1.165) is 207 Å². The van der Waals surface area contributed by atoms with Crippen LogP contribution >= 0.6 is 0 Å². The quantitative estimate of drug-likeness (QED) is 0.0277. The van der Waals surface area contributed by atoms with Gasteiger partial charge in [-0.25, -0.2) is 14.8 Å². The number of hydrogen-bond donors (Lipinski definition) is 5. The standard InChI is InChI=1S/C93H102F6N16O11/c1-109(47-52-12-17-61(18-13-52)112-50-58-39-69(74(125-2)41-67(58)107-112)103-83(118)65-7-4-10-76(101-65)92(94,95)96)60-28-31-90(32-29-60)45-55(46-90)38-56-6-3-9-71-82(56)111(89(124)114(71)72-24-26-78(116)105-85(72)120)49-57-16-23-64-80(88(123)115(87(64)122)73-25-27-79(117)106-86(73)121)81(57)100-35-30-54-43-91(44-54)33-36-110(37-34-91)48-53-14-19-62(20-15-53)113-51-59-40-70(75(42-68(59)108-113)126-63-21-22-63)104-84(119)66-8-5-11-77(102-66)93(97,98)99/h3-11,16,23,39-42,50-55,60-63,72-73,100H,12-15,17-22,24-38,43-49H2,1-2H3,(H,103,118)(H,104,119)(H,105,116,120)(H,106,117,121). The maximum absolute atomic E-state index is 15.6. The summed E-state index contributed by atoms with van der Waals surface area (Å²) < 4.78 is 99.8. The molecule has 8 amide bonds. The number of halogens is 6. The lowest BCUT2D eigenvalue weighted by molar-refractivity contribution is -0.142. The van der Waals surface area contributed by atoms with Gasteiger partial charge in [0.15, 0.2) is 0 Å². The number of aromatic nitrogens is 8. The molecule has 9 aromatic rings. The molecular formula is C93H102F6N16O11. The third-order valence-corrected chi connectivity index (χ3v) is 29.2. The minimum Gasteiger partial charge on any atom is -0.494 e. The van der Waals surface area contributed by atoms with Crippen molar-refractivity contribution in [2.75, 3.05) is 62.8 Å². The van der Waals surface area contributed by atoms with Crippen LogP contribution in [0.4, 0.5) is 43.4 Å². The molecule has 4 aromatic carbocycles. The number of nitrogens with one attached hydrogen (secondary N) is 5. The number of benzene rings is 4. The van der Waals surface area contributed by atoms with Gasteiger partial charge in [-0.15, -0.1) is 0 Å². The van der Waals surface area contributed by atoms with Crippen LogP contribution in [0, 0.1) is 34.5 Å². The Bertz CT molecular complexity index is 5880. The molecule has 5 N–H and O–H groups in total. The Hall–Kier alpha value is -11.4. The van der Waals surface area contributed by atoms with E-state index >= 15 is 9.59 Å². The van der Waals surface area contributed by atoms with Crippen LogP contribution in [0.5, 0.6) is 11.5 Å². The summed E-state index contributed by atoms with van der Waals surface area (Å²) in [4.78, 5) is 137. The van der Waals surface area contributed by atoms with Gasteiger partial charge < -0.3 is 35.2 Å². The zero-order valence-electron chi connectivity index (χ0n) is 70.4. The molecule has 662 valence electrons. The van der Waals surface area contributed by atoms with Crippen molar-refractivity contribution in [1.29, 1.82) is 0 Å². The maximum Gasteiger partial charge on any atom is 0.433 e. The van der Waals surface area contributed by atoms with E-state index in [1.165, 1.54) is 23.8 Å². The monoisotopic (exact) mass is 1730 g/mol. The lowest BCUT2D eigenvalue weighted by atomic mass is 9.54. The van der Waals surface area contributed by atoms with Crippen molar-refractivity contribution in [1.82, 2.24) is 64.0 Å². The van der Waals surface area contributed by atoms with E-state index in [1.807, 2.05) is 33.9 Å². The zero-order valence-corrected chi connectivity index (χ0v) is 70.4. The second-order valence-electron chi connectivity index (χ2n) is 37.5. The number of nitrogens with zero attached hydrogens (tertiary/aromatic N) is 11. The highest BCUT2D eigenvalue weighted by Crippen LogP contribution is 2.58. The van der Waals surface area contributed by atoms with Crippen LogP contribution in [-0.2, 0) is 44.5 Å². The van der Waals surface area contributed by atoms with Gasteiger partial charge in [0, 0.05) is 73.8 Å². The minimum absolute atomic E-state index is 0.0212. The Morgan fingerprint density at radius 1 is 0.587 bits per heavy atom. The first-order valence-electron chi connectivity index (χ1n) is 44.6. The van der Waals surface area contributed by atoms with Crippen molar-refractivity contribution < 1.29 is 74.2 Å². The van der Waals surface area contributed by atoms with E-state index in [4.69, 9.17) is 19.7 Å². The number of rotatable bonds is 24. The van der Waals surface area contributed by atoms with Gasteiger partial charge in [0.25, 0.3) is 23.6 Å². The molecule has 4 aliphatic heterocycles. The zero-order chi connectivity index (χ0) is 87.4. The summed E-state index contributed by atoms with van der Waals surface area (Å²) in [6.45, 7) is 4.40. The van der Waals surface area contributed by atoms with E-state index in [-0.39, 0.29) is 89.4 Å². The van der Waals surface area contributed by atoms with Crippen molar-refractivity contribution in [3.63, 3.8) is 0 Å². The van der Waals surface area contributed by atoms with E-state index in [9.17, 15) is 59.9 Å². The van der Waals surface area contributed by atoms with Crippen LogP contribution < -0.4 is 41.7 Å². The first-order valence-corrected chi connectivity index (χ1v) is 44.6. The van der Waals surface area contributed by atoms with Crippen molar-refractivity contribution in [2.24, 2.45) is 34.5 Å². The number of likely N-dealkylation sites (tertiary alicyclic amines) is 1. The average molecular weight is 1730 g/mol. The number of ether oxygens (including phenoxy) is 2. The summed E-state index contributed by atoms with van der Waals surface area (Å²) in [6.07, 6.45) is 16.3. The molecule has 10 aliphatic rings. The Morgan fingerprint density at radius 3 is 1.72 bits per heavy atom. The van der Waals surface area contributed by atoms with E-state index in [2.05, 4.69) is 59.5 Å². The highest BCUT2D eigenvalue weighted by molar-refractivity contribution is 6.26. The summed E-state index contributed by atoms with van der Waals surface area (Å²) in [7, 11) is 3.71. The summed E-state index contributed by atoms with van der Waals surface area (Å²) in [5.41, 5.74) is 2.16. The van der Waals surface area contributed by atoms with Gasteiger partial charge in [-0.3, -0.25) is 72.4 Å². The fourth-order valence-corrected chi connectivity index (χ4v) is 22.4. The Morgan fingerprint density at radius 2 is 1.14 bits per heavy atom. The lowest BCUT2D eigenvalue weighted by Gasteiger charge is -2.53. The number of fused-ring (bicyclic) bond motifs is 4. The van der Waals surface area contributed by atoms with Crippen LogP contribution in [0.3, 0.4) is 0 Å². The number of pyridine rings is 2. The lowest BCUT2D eigenvalue weighted by Crippen LogP contribution is -2.54. The number of imide groups is 3. The van der Waals surface area contributed by atoms with Gasteiger partial charge in [-0.1, -0.05) is 30.3 Å². The molecule has 6 saturated carbocycles. The summed E-state index contributed by atoms with van der Waals surface area (Å²) in [5.74, 6) is -2.66. The maximum atomic E-state index is 15.6. The normalized spacial score (nSPS) is 24.9. The fraction of sp³-hybridized carbons (Fsp3) is 0.516. The Labute approximate surface area is 721 Å². The predicted octanol–water partition coefficient (Wildman–Crippen LogP) is 14.8. The molecule has 27 nitrogen and oxygen atoms in total. The minimum atomic E-state index is -4.71. The third kappa shape index (κ3) is 16.9. The molecule has 19 rings (SSSR count). The molecule has 2 spiro atoms. The number of alkyl halides is 6. The Balaban J connectivity index is 0.484. The molecule has 0 radical (unpaired) electrons. The topological polar surface area (TPSA) is 313 Å². The van der Waals surface area contributed by atoms with Gasteiger partial charge in [-0.2, -0.15) is 36.5 Å². The Kier molecular flexibility index (Phi) is 22.3. The highest BCUT2D eigenvalue weighted by atomic mass is 19.4. The molecule has 126 heavy (non-hydrogen) atoms. The molecule has 9 heterocycles. The second kappa shape index (κ2) is 33.4. The number of para-hydroxylation sites is 1. The smallest absolute Gasteiger partial charge is 0.433 e. The van der Waals surface area contributed by atoms with Crippen LogP contribution in [0.1, 0.15) is 243 Å². The summed E-state index contributed by atoms with van der Waals surface area (Å²) in [6, 6.07) is 21.2. The number of carbonyl (C=O) groups is 8. The van der Waals surface area contributed by atoms with Crippen LogP contribution in [0.15, 0.2) is 108 Å². The van der Waals surface area contributed by atoms with Crippen LogP contribution in [0.25, 0.3) is 32.8 Å².